The SMILES string of the molecule is Cc1nc(CNC(=O)c2ccc([N+](=O)[O-])o2)sc1C(=O)O. The maximum absolute atomic E-state index is 11.7. The number of carbonyl (C=O) groups is 2. The van der Waals surface area contributed by atoms with E-state index in [4.69, 9.17) is 9.52 Å². The average molecular weight is 311 g/mol. The number of carboxylic acid groups (broad SMARTS) is 1. The van der Waals surface area contributed by atoms with Crippen LogP contribution in [-0.2, 0) is 6.54 Å². The Bertz CT molecular complexity index is 719. The van der Waals surface area contributed by atoms with Crippen molar-refractivity contribution < 1.29 is 24.0 Å². The number of nitro groups is 1. The summed E-state index contributed by atoms with van der Waals surface area (Å²) in [6.07, 6.45) is 0. The highest BCUT2D eigenvalue weighted by atomic mass is 32.1. The van der Waals surface area contributed by atoms with Gasteiger partial charge in [-0.25, -0.2) is 9.78 Å². The molecular weight excluding hydrogens is 302 g/mol. The first-order chi connectivity index (χ1) is 9.88. The lowest BCUT2D eigenvalue weighted by Gasteiger charge is -1.98. The highest BCUT2D eigenvalue weighted by Gasteiger charge is 2.18. The summed E-state index contributed by atoms with van der Waals surface area (Å²) in [5.74, 6) is -2.45. The van der Waals surface area contributed by atoms with E-state index in [0.717, 1.165) is 17.4 Å². The molecule has 10 heteroatoms. The van der Waals surface area contributed by atoms with Crippen molar-refractivity contribution >= 4 is 29.1 Å². The Morgan fingerprint density at radius 1 is 1.52 bits per heavy atom. The minimum absolute atomic E-state index is 0.00607. The Morgan fingerprint density at radius 2 is 2.24 bits per heavy atom. The second-order valence-electron chi connectivity index (χ2n) is 3.90. The van der Waals surface area contributed by atoms with Crippen LogP contribution in [0.5, 0.6) is 0 Å². The summed E-state index contributed by atoms with van der Waals surface area (Å²) < 4.78 is 4.74. The van der Waals surface area contributed by atoms with Crippen molar-refractivity contribution in [3.8, 4) is 0 Å². The van der Waals surface area contributed by atoms with Crippen LogP contribution in [0.2, 0.25) is 0 Å². The molecule has 0 saturated heterocycles. The van der Waals surface area contributed by atoms with Gasteiger partial charge in [0.15, 0.2) is 5.76 Å². The van der Waals surface area contributed by atoms with Gasteiger partial charge in [-0.3, -0.25) is 14.9 Å². The van der Waals surface area contributed by atoms with Crippen molar-refractivity contribution in [1.29, 1.82) is 0 Å². The second-order valence-corrected chi connectivity index (χ2v) is 4.99. The molecule has 0 radical (unpaired) electrons. The van der Waals surface area contributed by atoms with Crippen molar-refractivity contribution in [2.45, 2.75) is 13.5 Å². The highest BCUT2D eigenvalue weighted by Crippen LogP contribution is 2.18. The van der Waals surface area contributed by atoms with Crippen LogP contribution in [0.1, 0.15) is 30.9 Å². The topological polar surface area (TPSA) is 136 Å². The average Bonchev–Trinajstić information content (AvgIpc) is 3.02. The third-order valence-electron chi connectivity index (χ3n) is 2.43. The zero-order chi connectivity index (χ0) is 15.6. The van der Waals surface area contributed by atoms with Crippen LogP contribution in [0.25, 0.3) is 0 Å². The van der Waals surface area contributed by atoms with E-state index in [9.17, 15) is 19.7 Å². The summed E-state index contributed by atoms with van der Waals surface area (Å²) >= 11 is 0.951. The first kappa shape index (κ1) is 14.7. The molecule has 9 nitrogen and oxygen atoms in total. The van der Waals surface area contributed by atoms with Crippen LogP contribution < -0.4 is 5.32 Å². The number of hydrogen-bond donors (Lipinski definition) is 2. The van der Waals surface area contributed by atoms with E-state index < -0.39 is 22.7 Å². The van der Waals surface area contributed by atoms with E-state index in [1.54, 1.807) is 6.92 Å². The summed E-state index contributed by atoms with van der Waals surface area (Å²) in [6.45, 7) is 1.56. The number of rotatable bonds is 5. The molecule has 0 aliphatic heterocycles. The van der Waals surface area contributed by atoms with Gasteiger partial charge >= 0.3 is 11.9 Å². The van der Waals surface area contributed by atoms with Gasteiger partial charge < -0.3 is 14.8 Å². The van der Waals surface area contributed by atoms with Crippen LogP contribution in [0.3, 0.4) is 0 Å². The van der Waals surface area contributed by atoms with Crippen molar-refractivity contribution in [2.75, 3.05) is 0 Å². The van der Waals surface area contributed by atoms with Gasteiger partial charge in [0, 0.05) is 0 Å². The van der Waals surface area contributed by atoms with E-state index in [2.05, 4.69) is 10.3 Å². The number of carbonyl (C=O) groups excluding carboxylic acids is 1. The summed E-state index contributed by atoms with van der Waals surface area (Å²) in [5.41, 5.74) is 0.366. The molecule has 2 aromatic rings. The van der Waals surface area contributed by atoms with E-state index in [0.29, 0.717) is 10.7 Å². The fraction of sp³-hybridized carbons (Fsp3) is 0.182. The molecule has 0 unspecified atom stereocenters. The molecule has 2 heterocycles. The molecule has 0 spiro atoms. The van der Waals surface area contributed by atoms with E-state index >= 15 is 0 Å². The number of nitrogens with one attached hydrogen (secondary N) is 1. The molecule has 21 heavy (non-hydrogen) atoms. The molecular formula is C11H9N3O6S. The molecule has 0 aliphatic carbocycles. The Kier molecular flexibility index (Phi) is 3.98. The Labute approximate surface area is 121 Å². The maximum Gasteiger partial charge on any atom is 0.433 e. The van der Waals surface area contributed by atoms with Gasteiger partial charge in [-0.05, 0) is 13.0 Å². The smallest absolute Gasteiger partial charge is 0.433 e. The molecule has 0 atom stereocenters. The van der Waals surface area contributed by atoms with E-state index in [1.807, 2.05) is 0 Å². The second kappa shape index (κ2) is 5.71. The summed E-state index contributed by atoms with van der Waals surface area (Å²) in [6, 6.07) is 2.26. The molecule has 110 valence electrons. The Balaban J connectivity index is 2.02. The molecule has 2 aromatic heterocycles. The number of aromatic nitrogens is 1. The van der Waals surface area contributed by atoms with Gasteiger partial charge in [-0.2, -0.15) is 0 Å². The van der Waals surface area contributed by atoms with Gasteiger partial charge in [0.05, 0.1) is 18.3 Å². The molecule has 0 saturated carbocycles. The fourth-order valence-corrected chi connectivity index (χ4v) is 2.36. The molecule has 0 bridgehead atoms. The number of carboxylic acids is 1. The van der Waals surface area contributed by atoms with Gasteiger partial charge in [0.1, 0.15) is 14.8 Å². The van der Waals surface area contributed by atoms with Crippen LogP contribution in [0.15, 0.2) is 16.5 Å². The standard InChI is InChI=1S/C11H9N3O6S/c1-5-9(11(16)17)21-7(13-5)4-12-10(15)6-2-3-8(20-6)14(18)19/h2-3H,4H2,1H3,(H,12,15)(H,16,17). The molecule has 0 aliphatic rings. The quantitative estimate of drug-likeness (QED) is 0.632. The molecule has 2 N–H and O–H groups in total. The lowest BCUT2D eigenvalue weighted by Crippen LogP contribution is -2.22. The van der Waals surface area contributed by atoms with Gasteiger partial charge in [-0.15, -0.1) is 11.3 Å². The lowest BCUT2D eigenvalue weighted by molar-refractivity contribution is -0.402. The molecule has 0 fully saturated rings. The maximum atomic E-state index is 11.7. The summed E-state index contributed by atoms with van der Waals surface area (Å²) in [5, 5.41) is 22.2. The molecule has 2 rings (SSSR count). The van der Waals surface area contributed by atoms with Crippen LogP contribution >= 0.6 is 11.3 Å². The number of furan rings is 1. The Hall–Kier alpha value is -2.75. The first-order valence-corrected chi connectivity index (χ1v) is 6.42. The van der Waals surface area contributed by atoms with Crippen LogP contribution in [0, 0.1) is 17.0 Å². The minimum atomic E-state index is -1.08. The summed E-state index contributed by atoms with van der Waals surface area (Å²) in [7, 11) is 0. The summed E-state index contributed by atoms with van der Waals surface area (Å²) in [4.78, 5) is 36.4. The normalized spacial score (nSPS) is 10.3. The van der Waals surface area contributed by atoms with Crippen molar-refractivity contribution in [2.24, 2.45) is 0 Å². The molecule has 1 amide bonds. The van der Waals surface area contributed by atoms with Crippen LogP contribution in [-0.4, -0.2) is 26.9 Å². The van der Waals surface area contributed by atoms with Crippen molar-refractivity contribution in [3.63, 3.8) is 0 Å². The molecule has 0 aromatic carbocycles. The van der Waals surface area contributed by atoms with Gasteiger partial charge in [-0.1, -0.05) is 0 Å². The fourth-order valence-electron chi connectivity index (χ4n) is 1.52. The largest absolute Gasteiger partial charge is 0.477 e. The zero-order valence-electron chi connectivity index (χ0n) is 10.7. The van der Waals surface area contributed by atoms with Crippen LogP contribution in [0.4, 0.5) is 5.88 Å². The third-order valence-corrected chi connectivity index (χ3v) is 3.58. The number of thiazole rings is 1. The monoisotopic (exact) mass is 311 g/mol. The van der Waals surface area contributed by atoms with Crippen molar-refractivity contribution in [1.82, 2.24) is 10.3 Å². The van der Waals surface area contributed by atoms with E-state index in [-0.39, 0.29) is 17.2 Å². The predicted octanol–water partition coefficient (Wildman–Crippen LogP) is 1.58. The number of aromatic carboxylic acids is 1. The number of hydrogen-bond acceptors (Lipinski definition) is 7. The number of aryl methyl sites for hydroxylation is 1. The third kappa shape index (κ3) is 3.23. The first-order valence-electron chi connectivity index (χ1n) is 5.60. The number of nitrogens with zero attached hydrogens (tertiary/aromatic N) is 2. The van der Waals surface area contributed by atoms with E-state index in [1.165, 1.54) is 6.07 Å². The van der Waals surface area contributed by atoms with Gasteiger partial charge in [0.25, 0.3) is 5.91 Å². The Morgan fingerprint density at radius 3 is 2.76 bits per heavy atom. The minimum Gasteiger partial charge on any atom is -0.477 e. The van der Waals surface area contributed by atoms with Crippen molar-refractivity contribution in [3.05, 3.63) is 43.6 Å². The predicted molar refractivity (Wildman–Crippen MR) is 70.3 cm³/mol. The van der Waals surface area contributed by atoms with Gasteiger partial charge in [0.2, 0.25) is 0 Å². The zero-order valence-corrected chi connectivity index (χ0v) is 11.5. The highest BCUT2D eigenvalue weighted by molar-refractivity contribution is 7.13. The lowest BCUT2D eigenvalue weighted by atomic mass is 10.4. The number of amides is 1.